The van der Waals surface area contributed by atoms with E-state index in [4.69, 9.17) is 16.7 Å². The Bertz CT molecular complexity index is 971. The molecule has 0 unspecified atom stereocenters. The Hall–Kier alpha value is -2.36. The summed E-state index contributed by atoms with van der Waals surface area (Å²) in [4.78, 5) is 31.0. The Kier molecular flexibility index (Phi) is 5.37. The number of hydrogen-bond donors (Lipinski definition) is 3. The largest absolute Gasteiger partial charge is 0.394 e. The van der Waals surface area contributed by atoms with Crippen LogP contribution >= 0.6 is 23.4 Å². The third-order valence-corrected chi connectivity index (χ3v) is 4.35. The van der Waals surface area contributed by atoms with Crippen LogP contribution in [0.5, 0.6) is 0 Å². The van der Waals surface area contributed by atoms with Crippen LogP contribution in [0.1, 0.15) is 0 Å². The number of fused-ring (bicyclic) bond motifs is 1. The van der Waals surface area contributed by atoms with Gasteiger partial charge in [-0.1, -0.05) is 29.4 Å². The maximum Gasteiger partial charge on any atom is 0.262 e. The third-order valence-electron chi connectivity index (χ3n) is 3.24. The average molecular weight is 380 g/mol. The zero-order valence-electron chi connectivity index (χ0n) is 12.9. The number of aromatic nitrogens is 4. The zero-order valence-corrected chi connectivity index (χ0v) is 14.5. The van der Waals surface area contributed by atoms with Crippen LogP contribution in [0.25, 0.3) is 11.0 Å². The van der Waals surface area contributed by atoms with Gasteiger partial charge in [-0.2, -0.15) is 5.10 Å². The first-order chi connectivity index (χ1) is 12.1. The summed E-state index contributed by atoms with van der Waals surface area (Å²) in [7, 11) is 0. The van der Waals surface area contributed by atoms with Gasteiger partial charge < -0.3 is 15.4 Å². The van der Waals surface area contributed by atoms with Gasteiger partial charge in [-0.25, -0.2) is 9.67 Å². The minimum atomic E-state index is -0.341. The van der Waals surface area contributed by atoms with Crippen LogP contribution in [0.2, 0.25) is 5.02 Å². The molecule has 0 aliphatic heterocycles. The number of rotatable bonds is 6. The fourth-order valence-corrected chi connectivity index (χ4v) is 3.02. The summed E-state index contributed by atoms with van der Waals surface area (Å²) in [6.07, 6.45) is 1.40. The monoisotopic (exact) mass is 379 g/mol. The number of aromatic amines is 1. The predicted octanol–water partition coefficient (Wildman–Crippen LogP) is 1.50. The van der Waals surface area contributed by atoms with Crippen molar-refractivity contribution in [3.8, 4) is 0 Å². The molecule has 8 nitrogen and oxygen atoms in total. The molecule has 0 saturated carbocycles. The van der Waals surface area contributed by atoms with E-state index in [2.05, 4.69) is 20.4 Å². The molecular formula is C15H14ClN5O3S. The van der Waals surface area contributed by atoms with Crippen molar-refractivity contribution in [1.29, 1.82) is 0 Å². The van der Waals surface area contributed by atoms with Gasteiger partial charge in [0.25, 0.3) is 5.56 Å². The number of amides is 1. The molecule has 3 N–H and O–H groups in total. The second-order valence-electron chi connectivity index (χ2n) is 5.05. The predicted molar refractivity (Wildman–Crippen MR) is 96.0 cm³/mol. The summed E-state index contributed by atoms with van der Waals surface area (Å²) in [5.41, 5.74) is 0.624. The van der Waals surface area contributed by atoms with Crippen LogP contribution in [-0.2, 0) is 11.3 Å². The highest BCUT2D eigenvalue weighted by Gasteiger charge is 2.11. The molecular weight excluding hydrogens is 366 g/mol. The van der Waals surface area contributed by atoms with Crippen molar-refractivity contribution in [1.82, 2.24) is 19.7 Å². The molecule has 1 amide bonds. The number of nitrogens with one attached hydrogen (secondary N) is 2. The maximum absolute atomic E-state index is 12.1. The van der Waals surface area contributed by atoms with Crippen molar-refractivity contribution in [3.63, 3.8) is 0 Å². The van der Waals surface area contributed by atoms with E-state index in [0.717, 1.165) is 11.8 Å². The minimum absolute atomic E-state index is 0.0646. The van der Waals surface area contributed by atoms with Crippen molar-refractivity contribution in [2.45, 2.75) is 11.7 Å². The van der Waals surface area contributed by atoms with E-state index in [9.17, 15) is 9.59 Å². The Labute approximate surface area is 151 Å². The van der Waals surface area contributed by atoms with Crippen LogP contribution in [-0.4, -0.2) is 43.1 Å². The summed E-state index contributed by atoms with van der Waals surface area (Å²) in [6.45, 7) is 0.120. The number of nitrogens with zero attached hydrogens (tertiary/aromatic N) is 3. The lowest BCUT2D eigenvalue weighted by Gasteiger charge is -2.05. The summed E-state index contributed by atoms with van der Waals surface area (Å²) < 4.78 is 1.45. The molecule has 0 spiro atoms. The summed E-state index contributed by atoms with van der Waals surface area (Å²) >= 11 is 6.97. The first-order valence-corrected chi connectivity index (χ1v) is 8.68. The van der Waals surface area contributed by atoms with Crippen LogP contribution in [0, 0.1) is 0 Å². The summed E-state index contributed by atoms with van der Waals surface area (Å²) in [6, 6.07) is 6.82. The van der Waals surface area contributed by atoms with Crippen LogP contribution < -0.4 is 10.9 Å². The van der Waals surface area contributed by atoms with Crippen molar-refractivity contribution in [2.75, 3.05) is 17.7 Å². The highest BCUT2D eigenvalue weighted by Crippen LogP contribution is 2.17. The molecule has 0 radical (unpaired) electrons. The molecule has 3 rings (SSSR count). The van der Waals surface area contributed by atoms with Crippen LogP contribution in [0.15, 0.2) is 40.4 Å². The van der Waals surface area contributed by atoms with E-state index in [1.165, 1.54) is 10.9 Å². The quantitative estimate of drug-likeness (QED) is 0.442. The number of hydrogen-bond acceptors (Lipinski definition) is 6. The molecule has 0 saturated heterocycles. The molecule has 0 aliphatic rings. The van der Waals surface area contributed by atoms with E-state index in [-0.39, 0.29) is 30.4 Å². The molecule has 0 atom stereocenters. The molecule has 2 heterocycles. The number of aliphatic hydroxyl groups is 1. The van der Waals surface area contributed by atoms with Gasteiger partial charge in [-0.05, 0) is 18.2 Å². The van der Waals surface area contributed by atoms with Crippen molar-refractivity contribution >= 4 is 46.0 Å². The number of thioether (sulfide) groups is 1. The normalized spacial score (nSPS) is 11.0. The van der Waals surface area contributed by atoms with Crippen molar-refractivity contribution in [2.24, 2.45) is 0 Å². The first kappa shape index (κ1) is 17.5. The lowest BCUT2D eigenvalue weighted by Crippen LogP contribution is -2.16. The Morgan fingerprint density at radius 2 is 2.28 bits per heavy atom. The van der Waals surface area contributed by atoms with E-state index in [1.807, 2.05) is 0 Å². The standard InChI is InChI=1S/C15H14ClN5O3S/c16-9-2-1-3-10(6-9)18-12(23)8-25-15-19-13-11(14(24)20-15)7-17-21(13)4-5-22/h1-3,6-7,22H,4-5,8H2,(H,18,23)(H,19,20,24). The molecule has 25 heavy (non-hydrogen) atoms. The second-order valence-corrected chi connectivity index (χ2v) is 6.45. The number of benzene rings is 1. The smallest absolute Gasteiger partial charge is 0.262 e. The van der Waals surface area contributed by atoms with E-state index < -0.39 is 0 Å². The second kappa shape index (κ2) is 7.68. The number of anilines is 1. The van der Waals surface area contributed by atoms with Gasteiger partial charge in [-0.15, -0.1) is 0 Å². The molecule has 10 heteroatoms. The van der Waals surface area contributed by atoms with Gasteiger partial charge in [0.05, 0.1) is 25.1 Å². The van der Waals surface area contributed by atoms with Crippen LogP contribution in [0.4, 0.5) is 5.69 Å². The topological polar surface area (TPSA) is 113 Å². The van der Waals surface area contributed by atoms with Crippen molar-refractivity contribution in [3.05, 3.63) is 45.8 Å². The van der Waals surface area contributed by atoms with Gasteiger partial charge >= 0.3 is 0 Å². The van der Waals surface area contributed by atoms with E-state index in [1.54, 1.807) is 24.3 Å². The zero-order chi connectivity index (χ0) is 17.8. The fourth-order valence-electron chi connectivity index (χ4n) is 2.17. The average Bonchev–Trinajstić information content (AvgIpc) is 2.97. The summed E-state index contributed by atoms with van der Waals surface area (Å²) in [5.74, 6) is -0.186. The van der Waals surface area contributed by atoms with Gasteiger partial charge in [0, 0.05) is 10.7 Å². The van der Waals surface area contributed by atoms with Gasteiger partial charge in [0.1, 0.15) is 5.39 Å². The Morgan fingerprint density at radius 3 is 3.04 bits per heavy atom. The molecule has 0 bridgehead atoms. The molecule has 1 aromatic carbocycles. The lowest BCUT2D eigenvalue weighted by atomic mass is 10.3. The molecule has 0 fully saturated rings. The van der Waals surface area contributed by atoms with Gasteiger partial charge in [-0.3, -0.25) is 9.59 Å². The number of H-pyrrole nitrogens is 1. The minimum Gasteiger partial charge on any atom is -0.394 e. The van der Waals surface area contributed by atoms with Gasteiger partial charge in [0.2, 0.25) is 5.91 Å². The third kappa shape index (κ3) is 4.19. The fraction of sp³-hybridized carbons (Fsp3) is 0.200. The highest BCUT2D eigenvalue weighted by molar-refractivity contribution is 7.99. The number of carbonyl (C=O) groups excluding carboxylic acids is 1. The van der Waals surface area contributed by atoms with E-state index >= 15 is 0 Å². The SMILES string of the molecule is O=C(CSc1nc2c(cnn2CCO)c(=O)[nH]1)Nc1cccc(Cl)c1. The molecule has 0 aliphatic carbocycles. The highest BCUT2D eigenvalue weighted by atomic mass is 35.5. The number of halogens is 1. The lowest BCUT2D eigenvalue weighted by molar-refractivity contribution is -0.113. The first-order valence-electron chi connectivity index (χ1n) is 7.32. The molecule has 2 aromatic heterocycles. The summed E-state index contributed by atoms with van der Waals surface area (Å²) in [5, 5.41) is 16.9. The van der Waals surface area contributed by atoms with E-state index in [0.29, 0.717) is 26.9 Å². The number of aliphatic hydroxyl groups excluding tert-OH is 1. The van der Waals surface area contributed by atoms with Crippen LogP contribution in [0.3, 0.4) is 0 Å². The Balaban J connectivity index is 1.71. The Morgan fingerprint density at radius 1 is 1.44 bits per heavy atom. The van der Waals surface area contributed by atoms with Crippen molar-refractivity contribution < 1.29 is 9.90 Å². The number of carbonyl (C=O) groups is 1. The molecule has 3 aromatic rings. The van der Waals surface area contributed by atoms with Gasteiger partial charge in [0.15, 0.2) is 10.8 Å². The maximum atomic E-state index is 12.1. The molecule has 130 valence electrons.